The van der Waals surface area contributed by atoms with Gasteiger partial charge >= 0.3 is 0 Å². The summed E-state index contributed by atoms with van der Waals surface area (Å²) in [6.45, 7) is 2.66. The Hall–Kier alpha value is -1.79. The van der Waals surface area contributed by atoms with Crippen LogP contribution in [0.15, 0.2) is 24.3 Å². The third-order valence-electron chi connectivity index (χ3n) is 4.06. The van der Waals surface area contributed by atoms with Crippen LogP contribution in [0, 0.1) is 11.8 Å². The highest BCUT2D eigenvalue weighted by atomic mass is 16.2. The molecule has 0 unspecified atom stereocenters. The number of aliphatic hydroxyl groups is 1. The zero-order chi connectivity index (χ0) is 15.1. The van der Waals surface area contributed by atoms with E-state index in [2.05, 4.69) is 11.8 Å². The summed E-state index contributed by atoms with van der Waals surface area (Å²) in [5.74, 6) is 5.57. The fourth-order valence-corrected chi connectivity index (χ4v) is 2.96. The second-order valence-electron chi connectivity index (χ2n) is 5.42. The van der Waals surface area contributed by atoms with Gasteiger partial charge < -0.3 is 10.0 Å². The van der Waals surface area contributed by atoms with Crippen molar-refractivity contribution in [3.05, 3.63) is 35.4 Å². The maximum Gasteiger partial charge on any atom is 0.254 e. The van der Waals surface area contributed by atoms with E-state index < -0.39 is 0 Å². The van der Waals surface area contributed by atoms with Crippen molar-refractivity contribution in [1.82, 2.24) is 4.90 Å². The molecule has 0 aliphatic heterocycles. The number of nitrogens with zero attached hydrogens (tertiary/aromatic N) is 1. The van der Waals surface area contributed by atoms with Crippen molar-refractivity contribution < 1.29 is 9.90 Å². The Morgan fingerprint density at radius 1 is 1.24 bits per heavy atom. The first-order valence-corrected chi connectivity index (χ1v) is 7.77. The minimum Gasteiger partial charge on any atom is -0.384 e. The minimum atomic E-state index is -0.147. The van der Waals surface area contributed by atoms with Crippen LogP contribution in [0.1, 0.15) is 54.9 Å². The summed E-state index contributed by atoms with van der Waals surface area (Å²) in [5.41, 5.74) is 1.54. The normalized spacial score (nSPS) is 15.1. The fraction of sp³-hybridized carbons (Fsp3) is 0.500. The molecule has 1 N–H and O–H groups in total. The number of aliphatic hydroxyl groups excluding tert-OH is 1. The SMILES string of the molecule is CCN(C(=O)c1ccc(C#CCO)cc1)C1CCCCC1. The monoisotopic (exact) mass is 285 g/mol. The van der Waals surface area contributed by atoms with Gasteiger partial charge in [0.2, 0.25) is 0 Å². The third-order valence-corrected chi connectivity index (χ3v) is 4.06. The van der Waals surface area contributed by atoms with E-state index in [9.17, 15) is 4.79 Å². The Bertz CT molecular complexity index is 518. The number of rotatable bonds is 3. The molecule has 3 heteroatoms. The first-order valence-electron chi connectivity index (χ1n) is 7.77. The first-order chi connectivity index (χ1) is 10.3. The van der Waals surface area contributed by atoms with Crippen LogP contribution in [0.4, 0.5) is 0 Å². The van der Waals surface area contributed by atoms with E-state index in [1.54, 1.807) is 0 Å². The topological polar surface area (TPSA) is 40.5 Å². The predicted octanol–water partition coefficient (Wildman–Crippen LogP) is 2.83. The highest BCUT2D eigenvalue weighted by molar-refractivity contribution is 5.94. The van der Waals surface area contributed by atoms with Gasteiger partial charge in [0.25, 0.3) is 5.91 Å². The lowest BCUT2D eigenvalue weighted by atomic mass is 9.93. The molecule has 0 heterocycles. The maximum absolute atomic E-state index is 12.7. The molecule has 0 bridgehead atoms. The molecule has 0 aromatic heterocycles. The van der Waals surface area contributed by atoms with Crippen LogP contribution in [0.5, 0.6) is 0 Å². The molecule has 0 radical (unpaired) electrons. The molecule has 0 saturated heterocycles. The molecule has 1 saturated carbocycles. The number of amides is 1. The Morgan fingerprint density at radius 2 is 1.90 bits per heavy atom. The molecule has 2 rings (SSSR count). The molecule has 1 fully saturated rings. The van der Waals surface area contributed by atoms with E-state index in [1.165, 1.54) is 19.3 Å². The highest BCUT2D eigenvalue weighted by Gasteiger charge is 2.24. The number of hydrogen-bond donors (Lipinski definition) is 1. The molecule has 1 aliphatic rings. The van der Waals surface area contributed by atoms with E-state index in [1.807, 2.05) is 36.1 Å². The van der Waals surface area contributed by atoms with Gasteiger partial charge in [0.1, 0.15) is 6.61 Å². The van der Waals surface area contributed by atoms with Crippen molar-refractivity contribution in [2.24, 2.45) is 0 Å². The van der Waals surface area contributed by atoms with Gasteiger partial charge in [0.15, 0.2) is 0 Å². The van der Waals surface area contributed by atoms with Crippen LogP contribution < -0.4 is 0 Å². The van der Waals surface area contributed by atoms with Crippen LogP contribution in [0.2, 0.25) is 0 Å². The Morgan fingerprint density at radius 3 is 2.48 bits per heavy atom. The lowest BCUT2D eigenvalue weighted by Gasteiger charge is -2.33. The van der Waals surface area contributed by atoms with Gasteiger partial charge in [-0.1, -0.05) is 31.1 Å². The lowest BCUT2D eigenvalue weighted by Crippen LogP contribution is -2.41. The molecule has 0 atom stereocenters. The van der Waals surface area contributed by atoms with E-state index >= 15 is 0 Å². The lowest BCUT2D eigenvalue weighted by molar-refractivity contribution is 0.0648. The van der Waals surface area contributed by atoms with E-state index in [0.29, 0.717) is 6.04 Å². The average Bonchev–Trinajstić information content (AvgIpc) is 2.55. The minimum absolute atomic E-state index is 0.117. The Balaban J connectivity index is 2.09. The summed E-state index contributed by atoms with van der Waals surface area (Å²) in [5, 5.41) is 8.68. The second kappa shape index (κ2) is 7.85. The van der Waals surface area contributed by atoms with Gasteiger partial charge in [0, 0.05) is 23.7 Å². The summed E-state index contributed by atoms with van der Waals surface area (Å²) >= 11 is 0. The largest absolute Gasteiger partial charge is 0.384 e. The number of carbonyl (C=O) groups is 1. The zero-order valence-corrected chi connectivity index (χ0v) is 12.6. The average molecular weight is 285 g/mol. The molecular formula is C18H23NO2. The van der Waals surface area contributed by atoms with Crippen molar-refractivity contribution in [3.63, 3.8) is 0 Å². The van der Waals surface area contributed by atoms with Crippen molar-refractivity contribution in [3.8, 4) is 11.8 Å². The molecular weight excluding hydrogens is 262 g/mol. The first kappa shape index (κ1) is 15.6. The number of carbonyl (C=O) groups excluding carboxylic acids is 1. The van der Waals surface area contributed by atoms with Gasteiger partial charge in [-0.15, -0.1) is 0 Å². The Labute approximate surface area is 127 Å². The van der Waals surface area contributed by atoms with Gasteiger partial charge in [0.05, 0.1) is 0 Å². The summed E-state index contributed by atoms with van der Waals surface area (Å²) in [6, 6.07) is 7.73. The number of hydrogen-bond acceptors (Lipinski definition) is 2. The Kier molecular flexibility index (Phi) is 5.83. The molecule has 112 valence electrons. The summed E-state index contributed by atoms with van der Waals surface area (Å²) < 4.78 is 0. The van der Waals surface area contributed by atoms with Crippen molar-refractivity contribution in [2.75, 3.05) is 13.2 Å². The van der Waals surface area contributed by atoms with Crippen molar-refractivity contribution in [2.45, 2.75) is 45.1 Å². The smallest absolute Gasteiger partial charge is 0.254 e. The number of benzene rings is 1. The van der Waals surface area contributed by atoms with Crippen LogP contribution in [-0.2, 0) is 0 Å². The van der Waals surface area contributed by atoms with Gasteiger partial charge in [-0.2, -0.15) is 0 Å². The molecule has 1 amide bonds. The predicted molar refractivity (Wildman–Crippen MR) is 84.0 cm³/mol. The fourth-order valence-electron chi connectivity index (χ4n) is 2.96. The summed E-state index contributed by atoms with van der Waals surface area (Å²) in [7, 11) is 0. The molecule has 1 aromatic carbocycles. The van der Waals surface area contributed by atoms with Crippen molar-refractivity contribution >= 4 is 5.91 Å². The maximum atomic E-state index is 12.7. The molecule has 0 spiro atoms. The summed E-state index contributed by atoms with van der Waals surface area (Å²) in [4.78, 5) is 14.7. The zero-order valence-electron chi connectivity index (χ0n) is 12.6. The highest BCUT2D eigenvalue weighted by Crippen LogP contribution is 2.24. The van der Waals surface area contributed by atoms with E-state index in [4.69, 9.17) is 5.11 Å². The van der Waals surface area contributed by atoms with E-state index in [-0.39, 0.29) is 12.5 Å². The van der Waals surface area contributed by atoms with Gasteiger partial charge in [-0.3, -0.25) is 4.79 Å². The van der Waals surface area contributed by atoms with Crippen LogP contribution in [0.3, 0.4) is 0 Å². The van der Waals surface area contributed by atoms with E-state index in [0.717, 1.165) is 30.5 Å². The second-order valence-corrected chi connectivity index (χ2v) is 5.42. The van der Waals surface area contributed by atoms with Crippen LogP contribution in [0.25, 0.3) is 0 Å². The summed E-state index contributed by atoms with van der Waals surface area (Å²) in [6.07, 6.45) is 5.99. The third kappa shape index (κ3) is 4.09. The molecule has 1 aromatic rings. The van der Waals surface area contributed by atoms with Crippen molar-refractivity contribution in [1.29, 1.82) is 0 Å². The molecule has 1 aliphatic carbocycles. The standard InChI is InChI=1S/C18H23NO2/c1-2-19(17-8-4-3-5-9-17)18(21)16-12-10-15(11-13-16)7-6-14-20/h10-13,17,20H,2-5,8-9,14H2,1H3. The van der Waals surface area contributed by atoms with Crippen LogP contribution >= 0.6 is 0 Å². The van der Waals surface area contributed by atoms with Gasteiger partial charge in [-0.05, 0) is 44.0 Å². The quantitative estimate of drug-likeness (QED) is 0.868. The molecule has 3 nitrogen and oxygen atoms in total. The molecule has 21 heavy (non-hydrogen) atoms. The van der Waals surface area contributed by atoms with Crippen LogP contribution in [-0.4, -0.2) is 35.1 Å². The van der Waals surface area contributed by atoms with Gasteiger partial charge in [-0.25, -0.2) is 0 Å².